The van der Waals surface area contributed by atoms with Crippen molar-refractivity contribution < 1.29 is 31.8 Å². The Morgan fingerprint density at radius 1 is 1.03 bits per heavy atom. The first-order valence-electron chi connectivity index (χ1n) is 10.2. The number of alkyl halides is 3. The Morgan fingerprint density at radius 2 is 1.86 bits per heavy atom. The lowest BCUT2D eigenvalue weighted by atomic mass is 10.1. The van der Waals surface area contributed by atoms with Crippen molar-refractivity contribution in [2.75, 3.05) is 10.6 Å². The maximum Gasteiger partial charge on any atom is 0.416 e. The largest absolute Gasteiger partial charge is 0.416 e. The fourth-order valence-electron chi connectivity index (χ4n) is 3.09. The molecule has 1 amide bonds. The van der Waals surface area contributed by atoms with E-state index in [4.69, 9.17) is 9.05 Å². The molecular weight excluding hydrogens is 469 g/mol. The molecular formula is C22H17F3N6O4. The van der Waals surface area contributed by atoms with Crippen LogP contribution in [0.1, 0.15) is 44.3 Å². The second kappa shape index (κ2) is 9.75. The number of hydrogen-bond donors (Lipinski definition) is 2. The third-order valence-electron chi connectivity index (χ3n) is 4.84. The molecule has 1 aromatic carbocycles. The minimum atomic E-state index is -4.55. The van der Waals surface area contributed by atoms with Crippen LogP contribution in [0, 0.1) is 6.92 Å². The predicted molar refractivity (Wildman–Crippen MR) is 115 cm³/mol. The Kier molecular flexibility index (Phi) is 6.57. The van der Waals surface area contributed by atoms with Gasteiger partial charge in [0.25, 0.3) is 5.91 Å². The van der Waals surface area contributed by atoms with Crippen LogP contribution < -0.4 is 10.6 Å². The van der Waals surface area contributed by atoms with Gasteiger partial charge in [-0.2, -0.15) is 13.2 Å². The molecule has 13 heteroatoms. The summed E-state index contributed by atoms with van der Waals surface area (Å²) >= 11 is 0. The van der Waals surface area contributed by atoms with Crippen molar-refractivity contribution in [2.45, 2.75) is 25.9 Å². The molecule has 0 spiro atoms. The summed E-state index contributed by atoms with van der Waals surface area (Å²) in [6.45, 7) is 1.33. The van der Waals surface area contributed by atoms with Crippen molar-refractivity contribution >= 4 is 29.0 Å². The maximum absolute atomic E-state index is 13.1. The Labute approximate surface area is 195 Å². The normalized spacial score (nSPS) is 11.3. The summed E-state index contributed by atoms with van der Waals surface area (Å²) < 4.78 is 49.0. The van der Waals surface area contributed by atoms with Crippen LogP contribution in [0.25, 0.3) is 0 Å². The lowest BCUT2D eigenvalue weighted by Gasteiger charge is -2.12. The summed E-state index contributed by atoms with van der Waals surface area (Å²) in [5.41, 5.74) is -0.381. The second-order valence-corrected chi connectivity index (χ2v) is 7.39. The van der Waals surface area contributed by atoms with Crippen LogP contribution in [0.5, 0.6) is 0 Å². The van der Waals surface area contributed by atoms with Gasteiger partial charge in [0.15, 0.2) is 11.6 Å². The van der Waals surface area contributed by atoms with Crippen LogP contribution in [0.4, 0.5) is 30.5 Å². The molecule has 2 N–H and O–H groups in total. The molecule has 4 aromatic rings. The monoisotopic (exact) mass is 486 g/mol. The first-order chi connectivity index (χ1) is 16.7. The molecule has 180 valence electrons. The van der Waals surface area contributed by atoms with Gasteiger partial charge in [-0.25, -0.2) is 9.97 Å². The smallest absolute Gasteiger partial charge is 0.363 e. The highest BCUT2D eigenvalue weighted by Gasteiger charge is 2.32. The zero-order valence-corrected chi connectivity index (χ0v) is 18.1. The van der Waals surface area contributed by atoms with Gasteiger partial charge < -0.3 is 19.7 Å². The van der Waals surface area contributed by atoms with Gasteiger partial charge >= 0.3 is 6.18 Å². The standard InChI is InChI=1S/C22H17F3N6O4/c1-12-2-3-13(8-15(12)22(23,24)25)28-21(33)18-9-14(30-35-18)4-5-17(32)16-10-20(27-11-26-16)29-19-6-7-34-31-19/h2-3,6-11H,4-5H2,1H3,(H,28,33)(H,26,27,29,31). The number of nitrogens with one attached hydrogen (secondary N) is 2. The molecule has 0 aliphatic heterocycles. The number of aryl methyl sites for hydroxylation is 2. The average molecular weight is 486 g/mol. The molecule has 35 heavy (non-hydrogen) atoms. The lowest BCUT2D eigenvalue weighted by molar-refractivity contribution is -0.138. The van der Waals surface area contributed by atoms with E-state index >= 15 is 0 Å². The fourth-order valence-corrected chi connectivity index (χ4v) is 3.09. The van der Waals surface area contributed by atoms with E-state index in [-0.39, 0.29) is 41.3 Å². The summed E-state index contributed by atoms with van der Waals surface area (Å²) in [6, 6.07) is 7.81. The number of benzene rings is 1. The lowest BCUT2D eigenvalue weighted by Crippen LogP contribution is -2.13. The van der Waals surface area contributed by atoms with E-state index in [1.165, 1.54) is 43.8 Å². The van der Waals surface area contributed by atoms with Crippen LogP contribution in [0.3, 0.4) is 0 Å². The number of halogens is 3. The Morgan fingerprint density at radius 3 is 2.60 bits per heavy atom. The van der Waals surface area contributed by atoms with Gasteiger partial charge in [-0.1, -0.05) is 16.4 Å². The van der Waals surface area contributed by atoms with Crippen molar-refractivity contribution in [1.29, 1.82) is 0 Å². The summed E-state index contributed by atoms with van der Waals surface area (Å²) in [6.07, 6.45) is -1.78. The van der Waals surface area contributed by atoms with Gasteiger partial charge in [0.1, 0.15) is 24.1 Å². The minimum Gasteiger partial charge on any atom is -0.363 e. The molecule has 0 bridgehead atoms. The van der Waals surface area contributed by atoms with Crippen LogP contribution in [-0.4, -0.2) is 32.0 Å². The number of carbonyl (C=O) groups excluding carboxylic acids is 2. The van der Waals surface area contributed by atoms with Gasteiger partial charge in [0, 0.05) is 36.7 Å². The minimum absolute atomic E-state index is 0.0148. The number of rotatable bonds is 8. The molecule has 10 nitrogen and oxygen atoms in total. The van der Waals surface area contributed by atoms with E-state index in [9.17, 15) is 22.8 Å². The van der Waals surface area contributed by atoms with E-state index < -0.39 is 17.6 Å². The number of ketones is 1. The molecule has 0 unspecified atom stereocenters. The zero-order chi connectivity index (χ0) is 25.0. The van der Waals surface area contributed by atoms with Crippen molar-refractivity contribution in [3.05, 3.63) is 77.3 Å². The number of amides is 1. The molecule has 0 fully saturated rings. The number of aromatic nitrogens is 4. The summed E-state index contributed by atoms with van der Waals surface area (Å²) in [5, 5.41) is 12.7. The van der Waals surface area contributed by atoms with Crippen molar-refractivity contribution in [2.24, 2.45) is 0 Å². The number of anilines is 3. The van der Waals surface area contributed by atoms with E-state index in [2.05, 4.69) is 30.9 Å². The number of carbonyl (C=O) groups is 2. The number of hydrogen-bond acceptors (Lipinski definition) is 9. The van der Waals surface area contributed by atoms with Crippen LogP contribution in [0.15, 0.2) is 58.0 Å². The fraction of sp³-hybridized carbons (Fsp3) is 0.182. The molecule has 0 aliphatic carbocycles. The van der Waals surface area contributed by atoms with Gasteiger partial charge in [0.05, 0.1) is 11.3 Å². The van der Waals surface area contributed by atoms with Crippen molar-refractivity contribution in [3.8, 4) is 0 Å². The first kappa shape index (κ1) is 23.6. The van der Waals surface area contributed by atoms with E-state index in [0.29, 0.717) is 17.3 Å². The van der Waals surface area contributed by atoms with Gasteiger partial charge in [-0.05, 0) is 24.6 Å². The molecule has 0 saturated carbocycles. The van der Waals surface area contributed by atoms with E-state index in [0.717, 1.165) is 6.07 Å². The van der Waals surface area contributed by atoms with E-state index in [1.807, 2.05) is 0 Å². The highest BCUT2D eigenvalue weighted by Crippen LogP contribution is 2.33. The highest BCUT2D eigenvalue weighted by atomic mass is 19.4. The van der Waals surface area contributed by atoms with Gasteiger partial charge in [0.2, 0.25) is 5.76 Å². The predicted octanol–water partition coefficient (Wildman–Crippen LogP) is 4.59. The number of Topliss-reactive ketones (excluding diaryl/α,β-unsaturated/α-hetero) is 1. The topological polar surface area (TPSA) is 136 Å². The molecule has 0 aliphatic rings. The SMILES string of the molecule is Cc1ccc(NC(=O)c2cc(CCC(=O)c3cc(Nc4ccon4)ncn3)no2)cc1C(F)(F)F. The molecule has 3 heterocycles. The summed E-state index contributed by atoms with van der Waals surface area (Å²) in [4.78, 5) is 32.8. The van der Waals surface area contributed by atoms with Crippen LogP contribution >= 0.6 is 0 Å². The third-order valence-corrected chi connectivity index (χ3v) is 4.84. The Balaban J connectivity index is 1.35. The average Bonchev–Trinajstić information content (AvgIpc) is 3.50. The van der Waals surface area contributed by atoms with Crippen LogP contribution in [0.2, 0.25) is 0 Å². The number of nitrogens with zero attached hydrogens (tertiary/aromatic N) is 4. The van der Waals surface area contributed by atoms with Gasteiger partial charge in [-0.3, -0.25) is 9.59 Å². The van der Waals surface area contributed by atoms with Crippen molar-refractivity contribution in [3.63, 3.8) is 0 Å². The highest BCUT2D eigenvalue weighted by molar-refractivity contribution is 6.02. The van der Waals surface area contributed by atoms with E-state index in [1.54, 1.807) is 6.07 Å². The quantitative estimate of drug-likeness (QED) is 0.343. The third kappa shape index (κ3) is 5.88. The molecule has 0 radical (unpaired) electrons. The molecule has 0 atom stereocenters. The Hall–Kier alpha value is -4.55. The van der Waals surface area contributed by atoms with Gasteiger partial charge in [-0.15, -0.1) is 0 Å². The van der Waals surface area contributed by atoms with Crippen LogP contribution in [-0.2, 0) is 12.6 Å². The molecule has 3 aromatic heterocycles. The second-order valence-electron chi connectivity index (χ2n) is 7.39. The summed E-state index contributed by atoms with van der Waals surface area (Å²) in [7, 11) is 0. The summed E-state index contributed by atoms with van der Waals surface area (Å²) in [5.74, 6) is -0.517. The first-order valence-corrected chi connectivity index (χ1v) is 10.2. The maximum atomic E-state index is 13.1. The van der Waals surface area contributed by atoms with Crippen molar-refractivity contribution in [1.82, 2.24) is 20.3 Å². The molecule has 0 saturated heterocycles. The Bertz CT molecular complexity index is 1350. The zero-order valence-electron chi connectivity index (χ0n) is 18.1. The molecule has 4 rings (SSSR count).